The number of halogens is 2. The molecule has 0 saturated heterocycles. The Morgan fingerprint density at radius 2 is 1.38 bits per heavy atom. The molecule has 0 unspecified atom stereocenters. The largest absolute Gasteiger partial charge is 0.493 e. The second kappa shape index (κ2) is 11.0. The standard InChI is InChI=1S/C23H20ClFN2O5/c1-30-19-11-4-5-12-20(19)31-13-21(28)26-17-9-2-3-10-18(17)27-22(29)14-32-23-15(24)7-6-8-16(23)25/h2-12H,13-14H2,1H3,(H,26,28)(H,27,29). The molecular formula is C23H20ClFN2O5. The highest BCUT2D eigenvalue weighted by atomic mass is 35.5. The van der Waals surface area contributed by atoms with Crippen LogP contribution >= 0.6 is 11.6 Å². The van der Waals surface area contributed by atoms with Crippen molar-refractivity contribution in [3.63, 3.8) is 0 Å². The van der Waals surface area contributed by atoms with Crippen LogP contribution in [0.4, 0.5) is 15.8 Å². The highest BCUT2D eigenvalue weighted by Crippen LogP contribution is 2.28. The van der Waals surface area contributed by atoms with Gasteiger partial charge in [0, 0.05) is 0 Å². The normalized spacial score (nSPS) is 10.2. The minimum absolute atomic E-state index is 0.0560. The van der Waals surface area contributed by atoms with Gasteiger partial charge in [0.15, 0.2) is 36.3 Å². The number of hydrogen-bond donors (Lipinski definition) is 2. The van der Waals surface area contributed by atoms with E-state index in [1.54, 1.807) is 48.5 Å². The number of benzene rings is 3. The van der Waals surface area contributed by atoms with Gasteiger partial charge in [-0.3, -0.25) is 9.59 Å². The number of amides is 2. The van der Waals surface area contributed by atoms with Crippen molar-refractivity contribution in [3.05, 3.63) is 77.6 Å². The maximum Gasteiger partial charge on any atom is 0.262 e. The SMILES string of the molecule is COc1ccccc1OCC(=O)Nc1ccccc1NC(=O)COc1c(F)cccc1Cl. The molecule has 0 aliphatic heterocycles. The Labute approximate surface area is 189 Å². The van der Waals surface area contributed by atoms with Gasteiger partial charge in [-0.1, -0.05) is 41.9 Å². The summed E-state index contributed by atoms with van der Waals surface area (Å²) in [4.78, 5) is 24.6. The summed E-state index contributed by atoms with van der Waals surface area (Å²) in [6.07, 6.45) is 0. The van der Waals surface area contributed by atoms with Crippen molar-refractivity contribution in [2.24, 2.45) is 0 Å². The minimum atomic E-state index is -0.673. The van der Waals surface area contributed by atoms with Crippen LogP contribution in [-0.4, -0.2) is 32.1 Å². The topological polar surface area (TPSA) is 85.9 Å². The lowest BCUT2D eigenvalue weighted by atomic mass is 10.2. The average Bonchev–Trinajstić information content (AvgIpc) is 2.79. The molecule has 3 aromatic carbocycles. The first-order chi connectivity index (χ1) is 15.5. The first-order valence-electron chi connectivity index (χ1n) is 9.49. The van der Waals surface area contributed by atoms with Gasteiger partial charge in [-0.05, 0) is 36.4 Å². The van der Waals surface area contributed by atoms with Crippen molar-refractivity contribution < 1.29 is 28.2 Å². The van der Waals surface area contributed by atoms with Crippen molar-refractivity contribution >= 4 is 34.8 Å². The van der Waals surface area contributed by atoms with Gasteiger partial charge in [-0.15, -0.1) is 0 Å². The van der Waals surface area contributed by atoms with Crippen LogP contribution < -0.4 is 24.8 Å². The highest BCUT2D eigenvalue weighted by molar-refractivity contribution is 6.32. The summed E-state index contributed by atoms with van der Waals surface area (Å²) < 4.78 is 29.6. The number of methoxy groups -OCH3 is 1. The van der Waals surface area contributed by atoms with Crippen LogP contribution in [-0.2, 0) is 9.59 Å². The predicted molar refractivity (Wildman–Crippen MR) is 119 cm³/mol. The molecule has 3 aromatic rings. The third-order valence-electron chi connectivity index (χ3n) is 4.17. The van der Waals surface area contributed by atoms with E-state index in [0.29, 0.717) is 22.9 Å². The Morgan fingerprint density at radius 1 is 0.812 bits per heavy atom. The lowest BCUT2D eigenvalue weighted by molar-refractivity contribution is -0.119. The monoisotopic (exact) mass is 458 g/mol. The quantitative estimate of drug-likeness (QED) is 0.492. The zero-order valence-corrected chi connectivity index (χ0v) is 17.8. The second-order valence-corrected chi connectivity index (χ2v) is 6.83. The molecule has 0 aromatic heterocycles. The lowest BCUT2D eigenvalue weighted by Gasteiger charge is -2.14. The number of anilines is 2. The lowest BCUT2D eigenvalue weighted by Crippen LogP contribution is -2.24. The van der Waals surface area contributed by atoms with E-state index in [-0.39, 0.29) is 17.4 Å². The van der Waals surface area contributed by atoms with E-state index in [2.05, 4.69) is 10.6 Å². The maximum atomic E-state index is 13.8. The molecule has 2 amide bonds. The molecule has 166 valence electrons. The molecule has 0 atom stereocenters. The highest BCUT2D eigenvalue weighted by Gasteiger charge is 2.14. The summed E-state index contributed by atoms with van der Waals surface area (Å²) in [5, 5.41) is 5.34. The summed E-state index contributed by atoms with van der Waals surface area (Å²) in [5.74, 6) is -0.950. The molecule has 0 fully saturated rings. The van der Waals surface area contributed by atoms with Crippen LogP contribution in [0.3, 0.4) is 0 Å². The van der Waals surface area contributed by atoms with Crippen molar-refractivity contribution in [3.8, 4) is 17.2 Å². The van der Waals surface area contributed by atoms with Crippen molar-refractivity contribution in [1.29, 1.82) is 0 Å². The molecule has 32 heavy (non-hydrogen) atoms. The van der Waals surface area contributed by atoms with Crippen LogP contribution in [0.5, 0.6) is 17.2 Å². The van der Waals surface area contributed by atoms with Crippen LogP contribution in [0.25, 0.3) is 0 Å². The number of carbonyl (C=O) groups is 2. The Bertz CT molecular complexity index is 1090. The number of para-hydroxylation sites is 5. The Kier molecular flexibility index (Phi) is 7.88. The molecule has 0 aliphatic rings. The van der Waals surface area contributed by atoms with Crippen molar-refractivity contribution in [1.82, 2.24) is 0 Å². The number of nitrogens with one attached hydrogen (secondary N) is 2. The zero-order chi connectivity index (χ0) is 22.9. The first kappa shape index (κ1) is 22.9. The molecule has 0 radical (unpaired) electrons. The molecule has 0 heterocycles. The predicted octanol–water partition coefficient (Wildman–Crippen LogP) is 4.52. The second-order valence-electron chi connectivity index (χ2n) is 6.42. The fourth-order valence-corrected chi connectivity index (χ4v) is 2.93. The van der Waals surface area contributed by atoms with Crippen molar-refractivity contribution in [2.45, 2.75) is 0 Å². The summed E-state index contributed by atoms with van der Waals surface area (Å²) >= 11 is 5.88. The fraction of sp³-hybridized carbons (Fsp3) is 0.130. The van der Waals surface area contributed by atoms with E-state index in [4.69, 9.17) is 25.8 Å². The van der Waals surface area contributed by atoms with Crippen LogP contribution in [0.2, 0.25) is 5.02 Å². The Hall–Kier alpha value is -3.78. The van der Waals surface area contributed by atoms with Gasteiger partial charge < -0.3 is 24.8 Å². The average molecular weight is 459 g/mol. The van der Waals surface area contributed by atoms with Crippen LogP contribution in [0, 0.1) is 5.82 Å². The van der Waals surface area contributed by atoms with E-state index in [0.717, 1.165) is 0 Å². The van der Waals surface area contributed by atoms with Gasteiger partial charge in [-0.25, -0.2) is 4.39 Å². The molecule has 0 saturated carbocycles. The summed E-state index contributed by atoms with van der Waals surface area (Å²) in [5.41, 5.74) is 0.699. The van der Waals surface area contributed by atoms with E-state index in [1.165, 1.54) is 25.3 Å². The molecule has 0 bridgehead atoms. The van der Waals surface area contributed by atoms with E-state index in [1.807, 2.05) is 0 Å². The minimum Gasteiger partial charge on any atom is -0.493 e. The van der Waals surface area contributed by atoms with Crippen molar-refractivity contribution in [2.75, 3.05) is 31.0 Å². The first-order valence-corrected chi connectivity index (χ1v) is 9.87. The third-order valence-corrected chi connectivity index (χ3v) is 4.47. The smallest absolute Gasteiger partial charge is 0.262 e. The number of rotatable bonds is 9. The van der Waals surface area contributed by atoms with Crippen LogP contribution in [0.15, 0.2) is 66.7 Å². The number of hydrogen-bond acceptors (Lipinski definition) is 5. The fourth-order valence-electron chi connectivity index (χ4n) is 2.71. The Balaban J connectivity index is 1.58. The van der Waals surface area contributed by atoms with Gasteiger partial charge in [0.25, 0.3) is 11.8 Å². The van der Waals surface area contributed by atoms with Gasteiger partial charge >= 0.3 is 0 Å². The number of carbonyl (C=O) groups excluding carboxylic acids is 2. The maximum absolute atomic E-state index is 13.8. The summed E-state index contributed by atoms with van der Waals surface area (Å²) in [6.45, 7) is -0.739. The summed E-state index contributed by atoms with van der Waals surface area (Å²) in [7, 11) is 1.50. The van der Waals surface area contributed by atoms with Gasteiger partial charge in [0.2, 0.25) is 0 Å². The molecule has 7 nitrogen and oxygen atoms in total. The molecule has 3 rings (SSSR count). The van der Waals surface area contributed by atoms with E-state index < -0.39 is 24.2 Å². The third kappa shape index (κ3) is 6.12. The van der Waals surface area contributed by atoms with Gasteiger partial charge in [0.05, 0.1) is 23.5 Å². The van der Waals surface area contributed by atoms with E-state index >= 15 is 0 Å². The molecular weight excluding hydrogens is 439 g/mol. The van der Waals surface area contributed by atoms with E-state index in [9.17, 15) is 14.0 Å². The zero-order valence-electron chi connectivity index (χ0n) is 17.1. The molecule has 9 heteroatoms. The molecule has 2 N–H and O–H groups in total. The molecule has 0 spiro atoms. The summed E-state index contributed by atoms with van der Waals surface area (Å²) in [6, 6.07) is 17.6. The Morgan fingerprint density at radius 3 is 1.97 bits per heavy atom. The van der Waals surface area contributed by atoms with Gasteiger partial charge in [-0.2, -0.15) is 0 Å². The number of ether oxygens (including phenoxy) is 3. The molecule has 0 aliphatic carbocycles. The van der Waals surface area contributed by atoms with Gasteiger partial charge in [0.1, 0.15) is 0 Å². The van der Waals surface area contributed by atoms with Crippen LogP contribution in [0.1, 0.15) is 0 Å².